The monoisotopic (exact) mass is 370 g/mol. The van der Waals surface area contributed by atoms with Crippen molar-refractivity contribution in [3.8, 4) is 0 Å². The van der Waals surface area contributed by atoms with Crippen LogP contribution >= 0.6 is 0 Å². The van der Waals surface area contributed by atoms with Crippen LogP contribution in [0.25, 0.3) is 6.08 Å². The summed E-state index contributed by atoms with van der Waals surface area (Å²) in [4.78, 5) is 35.7. The molecule has 0 atom stereocenters. The Bertz CT molecular complexity index is 889. The van der Waals surface area contributed by atoms with Crippen molar-refractivity contribution in [2.45, 2.75) is 12.8 Å². The van der Waals surface area contributed by atoms with Crippen LogP contribution in [0.1, 0.15) is 17.7 Å². The van der Waals surface area contributed by atoms with Crippen LogP contribution < -0.4 is 15.8 Å². The zero-order valence-corrected chi connectivity index (χ0v) is 14.4. The highest BCUT2D eigenvalue weighted by atomic mass is 16.6. The van der Waals surface area contributed by atoms with E-state index in [2.05, 4.69) is 10.9 Å². The molecule has 9 nitrogen and oxygen atoms in total. The number of nitrogens with one attached hydrogen (secondary N) is 2. The van der Waals surface area contributed by atoms with Crippen LogP contribution in [0.3, 0.4) is 0 Å². The van der Waals surface area contributed by atoms with Crippen molar-refractivity contribution >= 4 is 29.5 Å². The number of nitrogens with zero attached hydrogens (tertiary/aromatic N) is 2. The molecule has 0 aliphatic carbocycles. The van der Waals surface area contributed by atoms with E-state index < -0.39 is 16.7 Å². The minimum atomic E-state index is -0.670. The van der Waals surface area contributed by atoms with Gasteiger partial charge in [-0.05, 0) is 36.6 Å². The Morgan fingerprint density at radius 3 is 2.81 bits per heavy atom. The number of rotatable bonds is 5. The molecule has 0 spiro atoms. The smallest absolute Gasteiger partial charge is 0.401 e. The first-order valence-electron chi connectivity index (χ1n) is 8.37. The van der Waals surface area contributed by atoms with Gasteiger partial charge in [-0.25, -0.2) is 0 Å². The van der Waals surface area contributed by atoms with Crippen LogP contribution in [0, 0.1) is 10.1 Å². The molecule has 0 saturated carbocycles. The lowest BCUT2D eigenvalue weighted by atomic mass is 10.0. The van der Waals surface area contributed by atoms with E-state index in [1.54, 1.807) is 0 Å². The number of aryl methyl sites for hydroxylation is 1. The van der Waals surface area contributed by atoms with E-state index in [9.17, 15) is 19.7 Å². The molecule has 0 unspecified atom stereocenters. The Morgan fingerprint density at radius 1 is 1.22 bits per heavy atom. The van der Waals surface area contributed by atoms with Crippen LogP contribution in [0.2, 0.25) is 0 Å². The van der Waals surface area contributed by atoms with Crippen LogP contribution in [-0.2, 0) is 16.0 Å². The third-order valence-electron chi connectivity index (χ3n) is 4.06. The van der Waals surface area contributed by atoms with Gasteiger partial charge in [0.15, 0.2) is 0 Å². The Hall–Kier alpha value is -3.62. The first-order chi connectivity index (χ1) is 13.0. The van der Waals surface area contributed by atoms with Crippen LogP contribution in [0.5, 0.6) is 0 Å². The van der Waals surface area contributed by atoms with Gasteiger partial charge in [0.05, 0.1) is 12.6 Å². The largest absolute Gasteiger partial charge is 0.433 e. The molecule has 0 bridgehead atoms. The lowest BCUT2D eigenvalue weighted by Gasteiger charge is -2.30. The molecule has 9 heteroatoms. The normalized spacial score (nSPS) is 13.3. The standard InChI is InChI=1S/C18H18N4O5/c23-16(9-7-14-8-10-18(27-14)22(25)26)19-20-17(24)12-21-11-3-5-13-4-1-2-6-15(13)21/h1-2,4,6-10H,3,5,11-12H2,(H,19,23)(H,20,24)/b9-7+. The van der Waals surface area contributed by atoms with Gasteiger partial charge in [-0.1, -0.05) is 18.2 Å². The Morgan fingerprint density at radius 2 is 2.04 bits per heavy atom. The van der Waals surface area contributed by atoms with E-state index in [1.807, 2.05) is 29.2 Å². The number of amides is 2. The maximum absolute atomic E-state index is 12.1. The number of hydrazine groups is 1. The van der Waals surface area contributed by atoms with Gasteiger partial charge >= 0.3 is 5.88 Å². The highest BCUT2D eigenvalue weighted by Crippen LogP contribution is 2.26. The van der Waals surface area contributed by atoms with Gasteiger partial charge in [-0.3, -0.25) is 30.6 Å². The van der Waals surface area contributed by atoms with E-state index in [0.717, 1.165) is 31.1 Å². The third-order valence-corrected chi connectivity index (χ3v) is 4.06. The highest BCUT2D eigenvalue weighted by molar-refractivity contribution is 5.93. The number of carbonyl (C=O) groups excluding carboxylic acids is 2. The fourth-order valence-electron chi connectivity index (χ4n) is 2.85. The molecule has 0 radical (unpaired) electrons. The van der Waals surface area contributed by atoms with E-state index in [-0.39, 0.29) is 18.2 Å². The SMILES string of the molecule is O=C(/C=C/c1ccc([N+](=O)[O-])o1)NNC(=O)CN1CCCc2ccccc21. The average molecular weight is 370 g/mol. The molecule has 1 aromatic carbocycles. The number of hydrogen-bond donors (Lipinski definition) is 2. The summed E-state index contributed by atoms with van der Waals surface area (Å²) < 4.78 is 4.89. The summed E-state index contributed by atoms with van der Waals surface area (Å²) >= 11 is 0. The van der Waals surface area contributed by atoms with E-state index in [0.29, 0.717) is 0 Å². The molecule has 140 valence electrons. The number of hydrogen-bond acceptors (Lipinski definition) is 6. The number of anilines is 1. The maximum Gasteiger partial charge on any atom is 0.433 e. The summed E-state index contributed by atoms with van der Waals surface area (Å²) in [6.45, 7) is 0.904. The van der Waals surface area contributed by atoms with Gasteiger partial charge in [0.1, 0.15) is 10.7 Å². The fraction of sp³-hybridized carbons (Fsp3) is 0.222. The van der Waals surface area contributed by atoms with Crippen molar-refractivity contribution in [3.05, 3.63) is 63.9 Å². The topological polar surface area (TPSA) is 118 Å². The summed E-state index contributed by atoms with van der Waals surface area (Å²) in [6, 6.07) is 10.5. The zero-order valence-electron chi connectivity index (χ0n) is 14.4. The van der Waals surface area contributed by atoms with Gasteiger partial charge in [0.2, 0.25) is 0 Å². The predicted molar refractivity (Wildman–Crippen MR) is 97.7 cm³/mol. The molecule has 0 fully saturated rings. The summed E-state index contributed by atoms with van der Waals surface area (Å²) in [5.74, 6) is -1.18. The molecular formula is C18H18N4O5. The number of fused-ring (bicyclic) bond motifs is 1. The zero-order chi connectivity index (χ0) is 19.2. The Balaban J connectivity index is 1.48. The predicted octanol–water partition coefficient (Wildman–Crippen LogP) is 1.80. The molecule has 2 aromatic rings. The Labute approximate surface area is 154 Å². The van der Waals surface area contributed by atoms with Gasteiger partial charge in [0.25, 0.3) is 11.8 Å². The van der Waals surface area contributed by atoms with E-state index in [4.69, 9.17) is 4.42 Å². The maximum atomic E-state index is 12.1. The molecule has 1 aromatic heterocycles. The second-order valence-electron chi connectivity index (χ2n) is 5.96. The summed E-state index contributed by atoms with van der Waals surface area (Å²) in [7, 11) is 0. The second-order valence-corrected chi connectivity index (χ2v) is 5.96. The number of nitro groups is 1. The fourth-order valence-corrected chi connectivity index (χ4v) is 2.85. The number of benzene rings is 1. The summed E-state index contributed by atoms with van der Waals surface area (Å²) in [5.41, 5.74) is 6.85. The van der Waals surface area contributed by atoms with Gasteiger partial charge in [0, 0.05) is 18.3 Å². The lowest BCUT2D eigenvalue weighted by Crippen LogP contribution is -2.47. The Kier molecular flexibility index (Phi) is 5.50. The van der Waals surface area contributed by atoms with Gasteiger partial charge in [-0.15, -0.1) is 0 Å². The van der Waals surface area contributed by atoms with Crippen molar-refractivity contribution in [2.24, 2.45) is 0 Å². The van der Waals surface area contributed by atoms with Crippen molar-refractivity contribution in [2.75, 3.05) is 18.0 Å². The first-order valence-corrected chi connectivity index (χ1v) is 8.37. The molecule has 1 aliphatic rings. The van der Waals surface area contributed by atoms with Crippen LogP contribution in [0.4, 0.5) is 11.6 Å². The van der Waals surface area contributed by atoms with Crippen molar-refractivity contribution in [3.63, 3.8) is 0 Å². The van der Waals surface area contributed by atoms with Crippen molar-refractivity contribution < 1.29 is 18.9 Å². The molecule has 1 aliphatic heterocycles. The van der Waals surface area contributed by atoms with Crippen LogP contribution in [-0.4, -0.2) is 29.8 Å². The quantitative estimate of drug-likeness (QED) is 0.471. The first kappa shape index (κ1) is 18.2. The highest BCUT2D eigenvalue weighted by Gasteiger charge is 2.18. The minimum Gasteiger partial charge on any atom is -0.401 e. The lowest BCUT2D eigenvalue weighted by molar-refractivity contribution is -0.402. The molecule has 2 N–H and O–H groups in total. The molecular weight excluding hydrogens is 352 g/mol. The third kappa shape index (κ3) is 4.72. The van der Waals surface area contributed by atoms with E-state index in [1.165, 1.54) is 23.8 Å². The molecule has 2 heterocycles. The van der Waals surface area contributed by atoms with Gasteiger partial charge in [-0.2, -0.15) is 0 Å². The van der Waals surface area contributed by atoms with E-state index >= 15 is 0 Å². The van der Waals surface area contributed by atoms with Crippen molar-refractivity contribution in [1.29, 1.82) is 0 Å². The van der Waals surface area contributed by atoms with Gasteiger partial charge < -0.3 is 9.32 Å². The number of furan rings is 1. The summed E-state index contributed by atoms with van der Waals surface area (Å²) in [6.07, 6.45) is 4.34. The molecule has 0 saturated heterocycles. The van der Waals surface area contributed by atoms with Crippen LogP contribution in [0.15, 0.2) is 46.9 Å². The average Bonchev–Trinajstić information content (AvgIpc) is 3.14. The minimum absolute atomic E-state index is 0.130. The number of para-hydroxylation sites is 1. The number of carbonyl (C=O) groups is 2. The second kappa shape index (κ2) is 8.17. The summed E-state index contributed by atoms with van der Waals surface area (Å²) in [5, 5.41) is 10.5. The van der Waals surface area contributed by atoms with Crippen molar-refractivity contribution in [1.82, 2.24) is 10.9 Å². The molecule has 3 rings (SSSR count). The molecule has 2 amide bonds. The molecule has 27 heavy (non-hydrogen) atoms.